The van der Waals surface area contributed by atoms with Crippen molar-refractivity contribution in [2.24, 2.45) is 5.41 Å². The predicted molar refractivity (Wildman–Crippen MR) is 55.1 cm³/mol. The van der Waals surface area contributed by atoms with Crippen molar-refractivity contribution < 1.29 is 4.79 Å². The number of hydrogen-bond donors (Lipinski definition) is 0. The van der Waals surface area contributed by atoms with E-state index in [1.165, 1.54) is 32.1 Å². The third-order valence-electron chi connectivity index (χ3n) is 4.62. The lowest BCUT2D eigenvalue weighted by Gasteiger charge is -2.57. The average molecular weight is 193 g/mol. The van der Waals surface area contributed by atoms with Crippen molar-refractivity contribution >= 4 is 5.78 Å². The van der Waals surface area contributed by atoms with Crippen LogP contribution in [0.4, 0.5) is 0 Å². The molecular weight excluding hydrogens is 174 g/mol. The maximum atomic E-state index is 11.1. The fourth-order valence-corrected chi connectivity index (χ4v) is 3.42. The van der Waals surface area contributed by atoms with E-state index in [1.54, 1.807) is 0 Å². The Morgan fingerprint density at radius 2 is 1.79 bits per heavy atom. The highest BCUT2D eigenvalue weighted by molar-refractivity contribution is 5.79. The molecule has 0 N–H and O–H groups in total. The zero-order valence-corrected chi connectivity index (χ0v) is 8.80. The number of rotatable bonds is 1. The molecule has 2 nitrogen and oxygen atoms in total. The molecule has 2 saturated carbocycles. The number of piperidine rings is 1. The highest BCUT2D eigenvalue weighted by Gasteiger charge is 2.49. The van der Waals surface area contributed by atoms with Crippen LogP contribution < -0.4 is 0 Å². The first-order valence-electron chi connectivity index (χ1n) is 6.03. The molecule has 1 spiro atoms. The van der Waals surface area contributed by atoms with Crippen molar-refractivity contribution in [3.63, 3.8) is 0 Å². The summed E-state index contributed by atoms with van der Waals surface area (Å²) >= 11 is 0. The van der Waals surface area contributed by atoms with Crippen molar-refractivity contribution in [3.8, 4) is 0 Å². The minimum absolute atomic E-state index is 0.471. The molecule has 0 amide bonds. The number of likely N-dealkylation sites (tertiary alicyclic amines) is 1. The van der Waals surface area contributed by atoms with Crippen LogP contribution in [0.1, 0.15) is 44.9 Å². The van der Waals surface area contributed by atoms with Gasteiger partial charge in [-0.2, -0.15) is 0 Å². The molecule has 2 heteroatoms. The Morgan fingerprint density at radius 3 is 2.29 bits per heavy atom. The molecule has 1 aliphatic heterocycles. The monoisotopic (exact) mass is 193 g/mol. The molecule has 3 aliphatic rings. The van der Waals surface area contributed by atoms with Gasteiger partial charge in [-0.05, 0) is 31.1 Å². The molecule has 0 radical (unpaired) electrons. The smallest absolute Gasteiger partial charge is 0.135 e. The van der Waals surface area contributed by atoms with E-state index in [1.807, 2.05) is 0 Å². The van der Waals surface area contributed by atoms with Crippen LogP contribution in [-0.4, -0.2) is 29.8 Å². The summed E-state index contributed by atoms with van der Waals surface area (Å²) in [7, 11) is 0. The predicted octanol–water partition coefficient (Wildman–Crippen LogP) is 1.98. The Kier molecular flexibility index (Phi) is 1.94. The number of carbonyl (C=O) groups is 1. The zero-order valence-electron chi connectivity index (χ0n) is 8.80. The van der Waals surface area contributed by atoms with Crippen LogP contribution >= 0.6 is 0 Å². The fourth-order valence-electron chi connectivity index (χ4n) is 3.42. The molecule has 1 saturated heterocycles. The first-order valence-corrected chi connectivity index (χ1v) is 6.03. The van der Waals surface area contributed by atoms with E-state index in [9.17, 15) is 4.79 Å². The quantitative estimate of drug-likeness (QED) is 0.634. The van der Waals surface area contributed by atoms with E-state index >= 15 is 0 Å². The van der Waals surface area contributed by atoms with Crippen molar-refractivity contribution in [3.05, 3.63) is 0 Å². The van der Waals surface area contributed by atoms with E-state index in [0.717, 1.165) is 37.4 Å². The second-order valence-corrected chi connectivity index (χ2v) is 5.49. The van der Waals surface area contributed by atoms with Gasteiger partial charge in [0.2, 0.25) is 0 Å². The van der Waals surface area contributed by atoms with E-state index in [-0.39, 0.29) is 0 Å². The average Bonchev–Trinajstić information content (AvgIpc) is 2.03. The highest BCUT2D eigenvalue weighted by atomic mass is 16.1. The molecule has 1 heterocycles. The summed E-state index contributed by atoms with van der Waals surface area (Å²) in [6.07, 6.45) is 8.91. The molecule has 14 heavy (non-hydrogen) atoms. The van der Waals surface area contributed by atoms with Crippen molar-refractivity contribution in [1.29, 1.82) is 0 Å². The van der Waals surface area contributed by atoms with Gasteiger partial charge in [0.05, 0.1) is 0 Å². The normalized spacial score (nSPS) is 32.7. The van der Waals surface area contributed by atoms with Gasteiger partial charge in [0.15, 0.2) is 0 Å². The molecule has 0 aromatic carbocycles. The number of ketones is 1. The minimum atomic E-state index is 0.471. The minimum Gasteiger partial charge on any atom is -0.300 e. The van der Waals surface area contributed by atoms with Gasteiger partial charge in [0.25, 0.3) is 0 Å². The Balaban J connectivity index is 1.51. The molecule has 0 aromatic rings. The van der Waals surface area contributed by atoms with Gasteiger partial charge in [-0.3, -0.25) is 9.69 Å². The van der Waals surface area contributed by atoms with Gasteiger partial charge in [-0.15, -0.1) is 0 Å². The molecule has 0 bridgehead atoms. The molecule has 2 aliphatic carbocycles. The lowest BCUT2D eigenvalue weighted by Crippen LogP contribution is -2.55. The first kappa shape index (κ1) is 8.90. The Morgan fingerprint density at radius 1 is 1.14 bits per heavy atom. The van der Waals surface area contributed by atoms with Crippen LogP contribution in [0.5, 0.6) is 0 Å². The summed E-state index contributed by atoms with van der Waals surface area (Å²) in [6.45, 7) is 2.08. The van der Waals surface area contributed by atoms with E-state index in [0.29, 0.717) is 5.78 Å². The van der Waals surface area contributed by atoms with E-state index < -0.39 is 0 Å². The second-order valence-electron chi connectivity index (χ2n) is 5.49. The summed E-state index contributed by atoms with van der Waals surface area (Å²) in [6, 6.07) is 0.836. The van der Waals surface area contributed by atoms with Gasteiger partial charge >= 0.3 is 0 Å². The van der Waals surface area contributed by atoms with Crippen LogP contribution in [0.2, 0.25) is 0 Å². The number of carbonyl (C=O) groups excluding carboxylic acids is 1. The molecule has 0 aromatic heterocycles. The summed E-state index contributed by atoms with van der Waals surface area (Å²) in [5, 5.41) is 0. The zero-order chi connectivity index (χ0) is 9.60. The summed E-state index contributed by atoms with van der Waals surface area (Å²) in [5.74, 6) is 0.471. The van der Waals surface area contributed by atoms with E-state index in [4.69, 9.17) is 0 Å². The van der Waals surface area contributed by atoms with Gasteiger partial charge in [-0.25, -0.2) is 0 Å². The lowest BCUT2D eigenvalue weighted by atomic mass is 9.53. The molecular formula is C12H19NO. The maximum absolute atomic E-state index is 11.1. The summed E-state index contributed by atoms with van der Waals surface area (Å²) in [4.78, 5) is 13.7. The largest absolute Gasteiger partial charge is 0.300 e. The fraction of sp³-hybridized carbons (Fsp3) is 0.917. The summed E-state index contributed by atoms with van der Waals surface area (Å²) in [5.41, 5.74) is 0.784. The summed E-state index contributed by atoms with van der Waals surface area (Å²) < 4.78 is 0. The molecule has 78 valence electrons. The molecule has 3 rings (SSSR count). The van der Waals surface area contributed by atoms with Crippen molar-refractivity contribution in [2.45, 2.75) is 51.0 Å². The second kappa shape index (κ2) is 3.06. The van der Waals surface area contributed by atoms with Gasteiger partial charge in [0.1, 0.15) is 5.78 Å². The molecule has 0 atom stereocenters. The SMILES string of the molecule is O=C1CCN(C2CC3(CCC3)C2)CC1. The van der Waals surface area contributed by atoms with Crippen LogP contribution in [0.25, 0.3) is 0 Å². The maximum Gasteiger partial charge on any atom is 0.135 e. The van der Waals surface area contributed by atoms with E-state index in [2.05, 4.69) is 4.90 Å². The number of hydrogen-bond acceptors (Lipinski definition) is 2. The third kappa shape index (κ3) is 1.31. The Hall–Kier alpha value is -0.370. The van der Waals surface area contributed by atoms with Crippen LogP contribution in [0.3, 0.4) is 0 Å². The topological polar surface area (TPSA) is 20.3 Å². The first-order chi connectivity index (χ1) is 6.77. The van der Waals surface area contributed by atoms with Crippen LogP contribution in [0, 0.1) is 5.41 Å². The third-order valence-corrected chi connectivity index (χ3v) is 4.62. The Labute approximate surface area is 85.7 Å². The highest BCUT2D eigenvalue weighted by Crippen LogP contribution is 2.57. The van der Waals surface area contributed by atoms with Gasteiger partial charge in [0, 0.05) is 32.0 Å². The van der Waals surface area contributed by atoms with Crippen molar-refractivity contribution in [1.82, 2.24) is 4.90 Å². The standard InChI is InChI=1S/C12H19NO/c14-11-2-6-13(7-3-11)10-8-12(9-10)4-1-5-12/h10H,1-9H2. The van der Waals surface area contributed by atoms with Gasteiger partial charge < -0.3 is 0 Å². The van der Waals surface area contributed by atoms with Crippen LogP contribution in [0.15, 0.2) is 0 Å². The Bertz CT molecular complexity index is 239. The van der Waals surface area contributed by atoms with Crippen molar-refractivity contribution in [2.75, 3.05) is 13.1 Å². The lowest BCUT2D eigenvalue weighted by molar-refractivity contribution is -0.124. The molecule has 0 unspecified atom stereocenters. The number of Topliss-reactive ketones (excluding diaryl/α,β-unsaturated/α-hetero) is 1. The number of nitrogens with zero attached hydrogens (tertiary/aromatic N) is 1. The van der Waals surface area contributed by atoms with Crippen LogP contribution in [-0.2, 0) is 4.79 Å². The molecule has 3 fully saturated rings. The van der Waals surface area contributed by atoms with Gasteiger partial charge in [-0.1, -0.05) is 6.42 Å².